The van der Waals surface area contributed by atoms with E-state index < -0.39 is 0 Å². The van der Waals surface area contributed by atoms with Crippen LogP contribution in [0.5, 0.6) is 0 Å². The van der Waals surface area contributed by atoms with E-state index in [4.69, 9.17) is 0 Å². The van der Waals surface area contributed by atoms with Crippen molar-refractivity contribution in [2.24, 2.45) is 11.8 Å². The highest BCUT2D eigenvalue weighted by atomic mass is 14.9. The molecule has 102 valence electrons. The van der Waals surface area contributed by atoms with Crippen molar-refractivity contribution >= 4 is 0 Å². The Balaban J connectivity index is 2.10. The summed E-state index contributed by atoms with van der Waals surface area (Å²) in [6.07, 6.45) is 12.6. The van der Waals surface area contributed by atoms with Crippen LogP contribution < -0.4 is 5.32 Å². The Morgan fingerprint density at radius 3 is 1.94 bits per heavy atom. The maximum absolute atomic E-state index is 3.83. The van der Waals surface area contributed by atoms with Gasteiger partial charge in [-0.3, -0.25) is 0 Å². The number of hydrogen-bond acceptors (Lipinski definition) is 1. The molecule has 17 heavy (non-hydrogen) atoms. The van der Waals surface area contributed by atoms with Gasteiger partial charge in [0.2, 0.25) is 0 Å². The van der Waals surface area contributed by atoms with Gasteiger partial charge in [0, 0.05) is 6.04 Å². The van der Waals surface area contributed by atoms with E-state index >= 15 is 0 Å². The molecule has 1 N–H and O–H groups in total. The summed E-state index contributed by atoms with van der Waals surface area (Å²) in [5.74, 6) is 1.99. The summed E-state index contributed by atoms with van der Waals surface area (Å²) in [5.41, 5.74) is 0. The lowest BCUT2D eigenvalue weighted by Gasteiger charge is -2.18. The number of unbranched alkanes of at least 4 members (excludes halogenated alkanes) is 4. The average molecular weight is 239 g/mol. The Bertz CT molecular complexity index is 168. The van der Waals surface area contributed by atoms with Crippen LogP contribution in [0.15, 0.2) is 0 Å². The molecule has 0 bridgehead atoms. The molecular weight excluding hydrogens is 206 g/mol. The minimum Gasteiger partial charge on any atom is -0.314 e. The third kappa shape index (κ3) is 7.08. The molecule has 1 aliphatic rings. The van der Waals surface area contributed by atoms with Crippen LogP contribution in [0, 0.1) is 11.8 Å². The monoisotopic (exact) mass is 239 g/mol. The van der Waals surface area contributed by atoms with Gasteiger partial charge >= 0.3 is 0 Å². The molecule has 1 fully saturated rings. The molecule has 0 saturated heterocycles. The van der Waals surface area contributed by atoms with Crippen molar-refractivity contribution in [2.45, 2.75) is 84.6 Å². The van der Waals surface area contributed by atoms with Crippen LogP contribution in [-0.2, 0) is 0 Å². The first-order valence-corrected chi connectivity index (χ1v) is 8.01. The number of rotatable bonds is 11. The molecule has 0 aliphatic heterocycles. The lowest BCUT2D eigenvalue weighted by Crippen LogP contribution is -2.31. The molecule has 0 radical (unpaired) electrons. The van der Waals surface area contributed by atoms with Gasteiger partial charge in [-0.15, -0.1) is 0 Å². The second-order valence-corrected chi connectivity index (χ2v) is 6.07. The number of hydrogen-bond donors (Lipinski definition) is 1. The van der Waals surface area contributed by atoms with Crippen LogP contribution in [0.25, 0.3) is 0 Å². The smallest absolute Gasteiger partial charge is 0.00671 e. The average Bonchev–Trinajstić information content (AvgIpc) is 3.02. The molecule has 1 aliphatic carbocycles. The van der Waals surface area contributed by atoms with Crippen molar-refractivity contribution < 1.29 is 0 Å². The fourth-order valence-corrected chi connectivity index (χ4v) is 2.63. The van der Waals surface area contributed by atoms with E-state index in [1.54, 1.807) is 0 Å². The molecule has 2 atom stereocenters. The first kappa shape index (κ1) is 15.0. The highest BCUT2D eigenvalue weighted by Crippen LogP contribution is 2.37. The van der Waals surface area contributed by atoms with Crippen LogP contribution in [-0.4, -0.2) is 12.6 Å². The minimum atomic E-state index is 0.806. The molecule has 0 spiro atoms. The van der Waals surface area contributed by atoms with E-state index in [9.17, 15) is 0 Å². The van der Waals surface area contributed by atoms with Gasteiger partial charge in [-0.25, -0.2) is 0 Å². The van der Waals surface area contributed by atoms with Crippen LogP contribution in [0.4, 0.5) is 0 Å². The summed E-state index contributed by atoms with van der Waals surface area (Å²) in [7, 11) is 0. The van der Waals surface area contributed by atoms with Gasteiger partial charge in [-0.2, -0.15) is 0 Å². The highest BCUT2D eigenvalue weighted by molar-refractivity contribution is 4.85. The molecule has 0 aromatic carbocycles. The standard InChI is InChI=1S/C16H33N/c1-4-6-8-10-16(11-9-7-5-2)17-13-15-12-14(15)3/h14-17H,4-13H2,1-3H3. The van der Waals surface area contributed by atoms with Gasteiger partial charge < -0.3 is 5.32 Å². The summed E-state index contributed by atoms with van der Waals surface area (Å²) in [6, 6.07) is 0.806. The van der Waals surface area contributed by atoms with Crippen LogP contribution in [0.3, 0.4) is 0 Å². The quantitative estimate of drug-likeness (QED) is 0.513. The van der Waals surface area contributed by atoms with Crippen LogP contribution >= 0.6 is 0 Å². The lowest BCUT2D eigenvalue weighted by molar-refractivity contribution is 0.409. The Morgan fingerprint density at radius 2 is 1.53 bits per heavy atom. The van der Waals surface area contributed by atoms with E-state index in [2.05, 4.69) is 26.1 Å². The molecule has 1 rings (SSSR count). The van der Waals surface area contributed by atoms with E-state index in [1.165, 1.54) is 64.3 Å². The van der Waals surface area contributed by atoms with Crippen LogP contribution in [0.1, 0.15) is 78.6 Å². The molecule has 1 heteroatoms. The summed E-state index contributed by atoms with van der Waals surface area (Å²) < 4.78 is 0. The second kappa shape index (κ2) is 8.97. The third-order valence-corrected chi connectivity index (χ3v) is 4.26. The second-order valence-electron chi connectivity index (χ2n) is 6.07. The van der Waals surface area contributed by atoms with Crippen molar-refractivity contribution in [1.29, 1.82) is 0 Å². The molecule has 0 aromatic heterocycles. The zero-order valence-corrected chi connectivity index (χ0v) is 12.3. The molecule has 0 amide bonds. The molecule has 0 aromatic rings. The summed E-state index contributed by atoms with van der Waals surface area (Å²) in [5, 5.41) is 3.83. The highest BCUT2D eigenvalue weighted by Gasteiger charge is 2.32. The zero-order chi connectivity index (χ0) is 12.5. The van der Waals surface area contributed by atoms with Crippen molar-refractivity contribution in [3.05, 3.63) is 0 Å². The SMILES string of the molecule is CCCCCC(CCCCC)NCC1CC1C. The van der Waals surface area contributed by atoms with Gasteiger partial charge in [-0.1, -0.05) is 59.3 Å². The normalized spacial score (nSPS) is 23.3. The first-order chi connectivity index (χ1) is 8.27. The Labute approximate surface area is 109 Å². The molecule has 0 heterocycles. The van der Waals surface area contributed by atoms with Gasteiger partial charge in [0.05, 0.1) is 0 Å². The van der Waals surface area contributed by atoms with Gasteiger partial charge in [-0.05, 0) is 37.6 Å². The van der Waals surface area contributed by atoms with Crippen molar-refractivity contribution in [3.63, 3.8) is 0 Å². The number of nitrogens with one attached hydrogen (secondary N) is 1. The van der Waals surface area contributed by atoms with E-state index in [0.29, 0.717) is 0 Å². The minimum absolute atomic E-state index is 0.806. The zero-order valence-electron chi connectivity index (χ0n) is 12.3. The molecular formula is C16H33N. The molecule has 1 nitrogen and oxygen atoms in total. The van der Waals surface area contributed by atoms with E-state index in [0.717, 1.165) is 17.9 Å². The Kier molecular flexibility index (Phi) is 7.92. The summed E-state index contributed by atoms with van der Waals surface area (Å²) in [6.45, 7) is 8.26. The first-order valence-electron chi connectivity index (χ1n) is 8.01. The lowest BCUT2D eigenvalue weighted by atomic mass is 10.0. The maximum atomic E-state index is 3.83. The maximum Gasteiger partial charge on any atom is 0.00671 e. The van der Waals surface area contributed by atoms with Crippen LogP contribution in [0.2, 0.25) is 0 Å². The molecule has 1 saturated carbocycles. The fourth-order valence-electron chi connectivity index (χ4n) is 2.63. The van der Waals surface area contributed by atoms with Gasteiger partial charge in [0.25, 0.3) is 0 Å². The predicted molar refractivity (Wildman–Crippen MR) is 77.3 cm³/mol. The predicted octanol–water partition coefficient (Wildman–Crippen LogP) is 4.76. The summed E-state index contributed by atoms with van der Waals surface area (Å²) in [4.78, 5) is 0. The summed E-state index contributed by atoms with van der Waals surface area (Å²) >= 11 is 0. The fraction of sp³-hybridized carbons (Fsp3) is 1.00. The topological polar surface area (TPSA) is 12.0 Å². The largest absolute Gasteiger partial charge is 0.314 e. The Morgan fingerprint density at radius 1 is 1.00 bits per heavy atom. The van der Waals surface area contributed by atoms with Gasteiger partial charge in [0.1, 0.15) is 0 Å². The van der Waals surface area contributed by atoms with E-state index in [1.807, 2.05) is 0 Å². The molecule has 2 unspecified atom stereocenters. The van der Waals surface area contributed by atoms with E-state index in [-0.39, 0.29) is 0 Å². The van der Waals surface area contributed by atoms with Crippen molar-refractivity contribution in [1.82, 2.24) is 5.32 Å². The van der Waals surface area contributed by atoms with Crippen molar-refractivity contribution in [3.8, 4) is 0 Å². The Hall–Kier alpha value is -0.0400. The van der Waals surface area contributed by atoms with Gasteiger partial charge in [0.15, 0.2) is 0 Å². The third-order valence-electron chi connectivity index (χ3n) is 4.26. The van der Waals surface area contributed by atoms with Crippen molar-refractivity contribution in [2.75, 3.05) is 6.54 Å².